The molecule has 0 radical (unpaired) electrons. The van der Waals surface area contributed by atoms with E-state index in [4.69, 9.17) is 34.8 Å². The highest BCUT2D eigenvalue weighted by atomic mass is 35.5. The molecule has 168 valence electrons. The van der Waals surface area contributed by atoms with E-state index in [2.05, 4.69) is 10.0 Å². The Morgan fingerprint density at radius 3 is 2.22 bits per heavy atom. The molecule has 1 amide bonds. The van der Waals surface area contributed by atoms with Gasteiger partial charge in [0.15, 0.2) is 0 Å². The minimum absolute atomic E-state index is 0.0705. The first-order valence-electron chi connectivity index (χ1n) is 9.34. The highest BCUT2D eigenvalue weighted by Gasteiger charge is 2.15. The van der Waals surface area contributed by atoms with E-state index < -0.39 is 10.0 Å². The Labute approximate surface area is 206 Å². The van der Waals surface area contributed by atoms with Crippen LogP contribution in [-0.4, -0.2) is 20.1 Å². The summed E-state index contributed by atoms with van der Waals surface area (Å²) in [7, 11) is -3.79. The lowest BCUT2D eigenvalue weighted by atomic mass is 10.2. The van der Waals surface area contributed by atoms with Gasteiger partial charge in [-0.1, -0.05) is 46.9 Å². The van der Waals surface area contributed by atoms with Crippen molar-refractivity contribution in [3.8, 4) is 0 Å². The topological polar surface area (TPSA) is 75.3 Å². The van der Waals surface area contributed by atoms with Crippen LogP contribution in [0.25, 0.3) is 0 Å². The van der Waals surface area contributed by atoms with Gasteiger partial charge in [-0.05, 0) is 66.6 Å². The Balaban J connectivity index is 1.54. The van der Waals surface area contributed by atoms with Gasteiger partial charge >= 0.3 is 0 Å². The van der Waals surface area contributed by atoms with E-state index in [0.717, 1.165) is 11.1 Å². The number of sulfonamides is 1. The van der Waals surface area contributed by atoms with Gasteiger partial charge < -0.3 is 5.32 Å². The molecule has 3 aromatic rings. The second-order valence-electron chi connectivity index (χ2n) is 6.88. The predicted molar refractivity (Wildman–Crippen MR) is 135 cm³/mol. The third-order valence-electron chi connectivity index (χ3n) is 4.36. The van der Waals surface area contributed by atoms with Crippen LogP contribution >= 0.6 is 46.6 Å². The van der Waals surface area contributed by atoms with Crippen LogP contribution in [0, 0.1) is 6.92 Å². The Morgan fingerprint density at radius 1 is 0.875 bits per heavy atom. The minimum atomic E-state index is -3.79. The molecule has 0 bridgehead atoms. The zero-order valence-corrected chi connectivity index (χ0v) is 20.8. The van der Waals surface area contributed by atoms with E-state index >= 15 is 0 Å². The van der Waals surface area contributed by atoms with Gasteiger partial charge in [0.2, 0.25) is 5.91 Å². The van der Waals surface area contributed by atoms with Gasteiger partial charge in [0.1, 0.15) is 0 Å². The lowest BCUT2D eigenvalue weighted by Crippen LogP contribution is -2.15. The predicted octanol–water partition coefficient (Wildman–Crippen LogP) is 6.63. The molecule has 5 nitrogen and oxygen atoms in total. The Morgan fingerprint density at radius 2 is 1.56 bits per heavy atom. The monoisotopic (exact) mass is 528 g/mol. The molecule has 0 fully saturated rings. The fourth-order valence-corrected chi connectivity index (χ4v) is 5.00. The van der Waals surface area contributed by atoms with Crippen molar-refractivity contribution < 1.29 is 13.2 Å². The van der Waals surface area contributed by atoms with Crippen LogP contribution in [0.2, 0.25) is 15.1 Å². The number of amides is 1. The van der Waals surface area contributed by atoms with Gasteiger partial charge in [-0.15, -0.1) is 11.8 Å². The third kappa shape index (κ3) is 6.80. The normalized spacial score (nSPS) is 11.2. The van der Waals surface area contributed by atoms with Gasteiger partial charge in [0.05, 0.1) is 26.4 Å². The molecule has 32 heavy (non-hydrogen) atoms. The number of nitrogens with one attached hydrogen (secondary N) is 2. The highest BCUT2D eigenvalue weighted by molar-refractivity contribution is 7.99. The second-order valence-corrected chi connectivity index (χ2v) is 10.8. The van der Waals surface area contributed by atoms with Crippen molar-refractivity contribution in [1.82, 2.24) is 0 Å². The van der Waals surface area contributed by atoms with Gasteiger partial charge in [0.25, 0.3) is 10.0 Å². The number of benzene rings is 3. The third-order valence-corrected chi connectivity index (χ3v) is 7.91. The lowest BCUT2D eigenvalue weighted by Gasteiger charge is -2.10. The van der Waals surface area contributed by atoms with Crippen molar-refractivity contribution in [2.45, 2.75) is 17.6 Å². The zero-order chi connectivity index (χ0) is 23.3. The first kappa shape index (κ1) is 24.7. The summed E-state index contributed by atoms with van der Waals surface area (Å²) in [6.45, 7) is 1.83. The largest absolute Gasteiger partial charge is 0.325 e. The van der Waals surface area contributed by atoms with Gasteiger partial charge in [-0.2, -0.15) is 0 Å². The van der Waals surface area contributed by atoms with Gasteiger partial charge in [-0.3, -0.25) is 9.52 Å². The fourth-order valence-electron chi connectivity index (χ4n) is 2.68. The average molecular weight is 530 g/mol. The fraction of sp³-hybridized carbons (Fsp3) is 0.136. The second kappa shape index (κ2) is 10.8. The molecule has 0 spiro atoms. The maximum atomic E-state index is 12.6. The number of carbonyl (C=O) groups excluding carboxylic acids is 1. The van der Waals surface area contributed by atoms with Crippen LogP contribution in [0.4, 0.5) is 11.4 Å². The van der Waals surface area contributed by atoms with Crippen molar-refractivity contribution in [1.29, 1.82) is 0 Å². The minimum Gasteiger partial charge on any atom is -0.325 e. The molecule has 0 unspecified atom stereocenters. The molecule has 0 atom stereocenters. The van der Waals surface area contributed by atoms with Crippen molar-refractivity contribution >= 4 is 73.9 Å². The molecule has 0 heterocycles. The van der Waals surface area contributed by atoms with Crippen molar-refractivity contribution in [2.24, 2.45) is 0 Å². The number of hydrogen-bond acceptors (Lipinski definition) is 4. The van der Waals surface area contributed by atoms with Crippen LogP contribution in [-0.2, 0) is 20.6 Å². The molecular weight excluding hydrogens is 511 g/mol. The summed E-state index contributed by atoms with van der Waals surface area (Å²) in [4.78, 5) is 12.3. The molecule has 0 saturated carbocycles. The average Bonchev–Trinajstić information content (AvgIpc) is 2.73. The molecule has 0 aliphatic heterocycles. The molecule has 0 aliphatic rings. The smallest absolute Gasteiger partial charge is 0.261 e. The molecule has 0 aromatic heterocycles. The Hall–Kier alpha value is -1.90. The van der Waals surface area contributed by atoms with Gasteiger partial charge in [0, 0.05) is 16.5 Å². The van der Waals surface area contributed by atoms with Crippen LogP contribution in [0.15, 0.2) is 65.6 Å². The summed E-state index contributed by atoms with van der Waals surface area (Å²) >= 11 is 19.4. The summed E-state index contributed by atoms with van der Waals surface area (Å²) in [6.07, 6.45) is 0. The van der Waals surface area contributed by atoms with E-state index in [-0.39, 0.29) is 16.6 Å². The number of hydrogen-bond donors (Lipinski definition) is 2. The number of thioether (sulfide) groups is 1. The number of carbonyl (C=O) groups is 1. The zero-order valence-electron chi connectivity index (χ0n) is 16.9. The summed E-state index contributed by atoms with van der Waals surface area (Å²) in [5.74, 6) is 0.643. The number of aryl methyl sites for hydroxylation is 1. The summed E-state index contributed by atoms with van der Waals surface area (Å²) in [5, 5.41) is 4.19. The molecule has 0 aliphatic carbocycles. The van der Waals surface area contributed by atoms with Crippen molar-refractivity contribution in [3.63, 3.8) is 0 Å². The molecular formula is C22H19Cl3N2O3S2. The van der Waals surface area contributed by atoms with Gasteiger partial charge in [-0.25, -0.2) is 8.42 Å². The Kier molecular flexibility index (Phi) is 8.36. The van der Waals surface area contributed by atoms with E-state index in [1.807, 2.05) is 13.0 Å². The first-order chi connectivity index (χ1) is 15.1. The molecule has 2 N–H and O–H groups in total. The molecule has 3 aromatic carbocycles. The lowest BCUT2D eigenvalue weighted by molar-refractivity contribution is -0.113. The van der Waals surface area contributed by atoms with E-state index in [9.17, 15) is 13.2 Å². The van der Waals surface area contributed by atoms with E-state index in [1.54, 1.807) is 30.3 Å². The maximum Gasteiger partial charge on any atom is 0.261 e. The van der Waals surface area contributed by atoms with Crippen molar-refractivity contribution in [3.05, 3.63) is 86.9 Å². The SMILES string of the molecule is Cc1ccc(NS(=O)(=O)c2ccc(NC(=O)CSCc3ccc(Cl)c(Cl)c3)cc2)cc1Cl. The van der Waals surface area contributed by atoms with E-state index in [1.165, 1.54) is 36.0 Å². The molecule has 0 saturated heterocycles. The first-order valence-corrected chi connectivity index (χ1v) is 13.1. The number of halogens is 3. The Bertz CT molecular complexity index is 1230. The maximum absolute atomic E-state index is 12.6. The quantitative estimate of drug-likeness (QED) is 0.343. The van der Waals surface area contributed by atoms with Crippen LogP contribution in [0.1, 0.15) is 11.1 Å². The summed E-state index contributed by atoms with van der Waals surface area (Å²) in [5.41, 5.74) is 2.69. The standard InChI is InChI=1S/C22H19Cl3N2O3S2/c1-14-2-4-17(11-20(14)24)27-32(29,30)18-7-5-16(6-8-18)26-22(28)13-31-12-15-3-9-19(23)21(25)10-15/h2-11,27H,12-13H2,1H3,(H,26,28). The molecule has 3 rings (SSSR count). The highest BCUT2D eigenvalue weighted by Crippen LogP contribution is 2.25. The van der Waals surface area contributed by atoms with Crippen LogP contribution in [0.3, 0.4) is 0 Å². The van der Waals surface area contributed by atoms with Crippen LogP contribution < -0.4 is 10.0 Å². The summed E-state index contributed by atoms with van der Waals surface area (Å²) in [6, 6.07) is 16.2. The number of rotatable bonds is 8. The van der Waals surface area contributed by atoms with Crippen LogP contribution in [0.5, 0.6) is 0 Å². The number of anilines is 2. The van der Waals surface area contributed by atoms with Crippen molar-refractivity contribution in [2.75, 3.05) is 15.8 Å². The molecule has 10 heteroatoms. The van der Waals surface area contributed by atoms with E-state index in [0.29, 0.717) is 32.2 Å². The summed E-state index contributed by atoms with van der Waals surface area (Å²) < 4.78 is 27.7.